The van der Waals surface area contributed by atoms with E-state index in [1.54, 1.807) is 42.5 Å². The molecule has 128 valence electrons. The minimum absolute atomic E-state index is 0.0316. The quantitative estimate of drug-likeness (QED) is 0.681. The van der Waals surface area contributed by atoms with Gasteiger partial charge in [-0.2, -0.15) is 0 Å². The normalized spacial score (nSPS) is 11.9. The van der Waals surface area contributed by atoms with Crippen LogP contribution in [0.4, 0.5) is 0 Å². The first-order chi connectivity index (χ1) is 12.1. The molecule has 0 atom stereocenters. The van der Waals surface area contributed by atoms with Crippen LogP contribution in [-0.2, 0) is 4.79 Å². The number of nitrogens with two attached hydrogens (primary N) is 1. The summed E-state index contributed by atoms with van der Waals surface area (Å²) in [5.74, 6) is -0.263. The lowest BCUT2D eigenvalue weighted by Crippen LogP contribution is -2.15. The van der Waals surface area contributed by atoms with Crippen LogP contribution >= 0.6 is 0 Å². The predicted octanol–water partition coefficient (Wildman–Crippen LogP) is 1.82. The highest BCUT2D eigenvalue weighted by Gasteiger charge is 2.21. The van der Waals surface area contributed by atoms with Gasteiger partial charge < -0.3 is 20.3 Å². The van der Waals surface area contributed by atoms with Crippen LogP contribution in [0, 0.1) is 0 Å². The maximum absolute atomic E-state index is 11.9. The summed E-state index contributed by atoms with van der Waals surface area (Å²) in [6.07, 6.45) is 0. The van der Waals surface area contributed by atoms with E-state index < -0.39 is 5.97 Å². The molecule has 2 aromatic carbocycles. The summed E-state index contributed by atoms with van der Waals surface area (Å²) in [4.78, 5) is 11.9. The number of benzene rings is 2. The van der Waals surface area contributed by atoms with Crippen LogP contribution in [0.25, 0.3) is 22.4 Å². The molecule has 8 nitrogen and oxygen atoms in total. The first kappa shape index (κ1) is 16.3. The zero-order chi connectivity index (χ0) is 18.0. The van der Waals surface area contributed by atoms with Crippen LogP contribution in [0.5, 0.6) is 11.5 Å². The highest BCUT2D eigenvalue weighted by molar-refractivity contribution is 6.18. The summed E-state index contributed by atoms with van der Waals surface area (Å²) >= 11 is 0. The maximum atomic E-state index is 11.9. The van der Waals surface area contributed by atoms with Crippen molar-refractivity contribution in [1.29, 1.82) is 0 Å². The van der Waals surface area contributed by atoms with Gasteiger partial charge in [0.15, 0.2) is 17.2 Å². The van der Waals surface area contributed by atoms with E-state index in [1.807, 2.05) is 0 Å². The third-order valence-corrected chi connectivity index (χ3v) is 3.72. The fraction of sp³-hybridized carbons (Fsp3) is 0.118. The van der Waals surface area contributed by atoms with Crippen molar-refractivity contribution < 1.29 is 19.4 Å². The van der Waals surface area contributed by atoms with Gasteiger partial charge in [-0.3, -0.25) is 0 Å². The number of aromatic nitrogens is 3. The van der Waals surface area contributed by atoms with Crippen molar-refractivity contribution in [3.8, 4) is 11.5 Å². The van der Waals surface area contributed by atoms with Gasteiger partial charge in [0.2, 0.25) is 0 Å². The number of aliphatic carboxylic acids is 1. The number of methoxy groups -OCH3 is 2. The van der Waals surface area contributed by atoms with E-state index in [0.29, 0.717) is 28.1 Å². The number of rotatable bonds is 5. The van der Waals surface area contributed by atoms with Gasteiger partial charge in [-0.05, 0) is 30.3 Å². The Morgan fingerprint density at radius 1 is 1.12 bits per heavy atom. The first-order valence-electron chi connectivity index (χ1n) is 7.33. The maximum Gasteiger partial charge on any atom is 0.356 e. The molecule has 0 saturated heterocycles. The molecule has 0 unspecified atom stereocenters. The van der Waals surface area contributed by atoms with Crippen LogP contribution < -0.4 is 15.2 Å². The molecule has 0 fully saturated rings. The summed E-state index contributed by atoms with van der Waals surface area (Å²) in [6, 6.07) is 11.9. The Morgan fingerprint density at radius 3 is 2.52 bits per heavy atom. The Kier molecular flexibility index (Phi) is 4.25. The van der Waals surface area contributed by atoms with Gasteiger partial charge in [-0.25, -0.2) is 9.48 Å². The summed E-state index contributed by atoms with van der Waals surface area (Å²) in [6.45, 7) is 0. The number of para-hydroxylation sites is 1. The van der Waals surface area contributed by atoms with Crippen molar-refractivity contribution in [2.24, 2.45) is 5.73 Å². The number of carboxylic acid groups (broad SMARTS) is 1. The van der Waals surface area contributed by atoms with Gasteiger partial charge in [0.1, 0.15) is 5.52 Å². The molecule has 0 saturated carbocycles. The number of hydrogen-bond acceptors (Lipinski definition) is 6. The van der Waals surface area contributed by atoms with Crippen molar-refractivity contribution in [3.05, 3.63) is 48.0 Å². The van der Waals surface area contributed by atoms with Gasteiger partial charge in [-0.1, -0.05) is 17.3 Å². The Labute approximate surface area is 143 Å². The van der Waals surface area contributed by atoms with Crippen LogP contribution in [0.3, 0.4) is 0 Å². The van der Waals surface area contributed by atoms with E-state index in [0.717, 1.165) is 0 Å². The molecular formula is C17H16N4O4. The van der Waals surface area contributed by atoms with E-state index in [1.165, 1.54) is 18.9 Å². The Bertz CT molecular complexity index is 978. The van der Waals surface area contributed by atoms with Crippen molar-refractivity contribution in [1.82, 2.24) is 15.0 Å². The molecule has 8 heteroatoms. The highest BCUT2D eigenvalue weighted by atomic mass is 16.5. The lowest BCUT2D eigenvalue weighted by molar-refractivity contribution is -0.130. The van der Waals surface area contributed by atoms with Crippen LogP contribution in [0.15, 0.2) is 42.5 Å². The number of fused-ring (bicyclic) bond motifs is 1. The Hall–Kier alpha value is -3.55. The molecule has 1 aromatic heterocycles. The number of carbonyl (C=O) groups is 1. The second-order valence-electron chi connectivity index (χ2n) is 5.13. The van der Waals surface area contributed by atoms with Crippen molar-refractivity contribution in [2.45, 2.75) is 0 Å². The van der Waals surface area contributed by atoms with Gasteiger partial charge in [0, 0.05) is 5.56 Å². The second kappa shape index (κ2) is 6.52. The molecule has 3 aromatic rings. The molecule has 0 bridgehead atoms. The largest absolute Gasteiger partial charge is 0.493 e. The lowest BCUT2D eigenvalue weighted by Gasteiger charge is -2.12. The summed E-state index contributed by atoms with van der Waals surface area (Å²) in [5.41, 5.74) is 7.57. The van der Waals surface area contributed by atoms with Gasteiger partial charge >= 0.3 is 5.97 Å². The first-order valence-corrected chi connectivity index (χ1v) is 7.33. The molecule has 0 aliphatic heterocycles. The Balaban J connectivity index is 2.21. The minimum atomic E-state index is -1.22. The molecule has 0 aliphatic carbocycles. The summed E-state index contributed by atoms with van der Waals surface area (Å²) in [7, 11) is 3.01. The third-order valence-electron chi connectivity index (χ3n) is 3.72. The molecule has 25 heavy (non-hydrogen) atoms. The van der Waals surface area contributed by atoms with Crippen LogP contribution in [-0.4, -0.2) is 40.3 Å². The summed E-state index contributed by atoms with van der Waals surface area (Å²) in [5, 5.41) is 17.6. The standard InChI is InChI=1S/C17H16N4O4/c1-24-13-8-7-10(9-14(13)25-2)15(18)16(17(22)23)21-12-6-4-3-5-11(12)19-20-21/h3-9H,18H2,1-2H3,(H,22,23)/b16-15+. The molecular weight excluding hydrogens is 324 g/mol. The SMILES string of the molecule is COc1ccc(/C(N)=C(/C(=O)O)n2nnc3ccccc32)cc1OC. The van der Waals surface area contributed by atoms with Crippen molar-refractivity contribution in [2.75, 3.05) is 14.2 Å². The van der Waals surface area contributed by atoms with Crippen LogP contribution in [0.2, 0.25) is 0 Å². The average molecular weight is 340 g/mol. The molecule has 3 N–H and O–H groups in total. The smallest absolute Gasteiger partial charge is 0.356 e. The Morgan fingerprint density at radius 2 is 1.84 bits per heavy atom. The zero-order valence-electron chi connectivity index (χ0n) is 13.6. The fourth-order valence-corrected chi connectivity index (χ4v) is 2.49. The topological polar surface area (TPSA) is 112 Å². The molecule has 1 heterocycles. The van der Waals surface area contributed by atoms with Gasteiger partial charge in [0.05, 0.1) is 25.4 Å². The number of ether oxygens (including phenoxy) is 2. The number of carboxylic acids is 1. The van der Waals surface area contributed by atoms with E-state index in [2.05, 4.69) is 10.3 Å². The van der Waals surface area contributed by atoms with Gasteiger partial charge in [-0.15, -0.1) is 5.10 Å². The summed E-state index contributed by atoms with van der Waals surface area (Å²) < 4.78 is 11.6. The fourth-order valence-electron chi connectivity index (χ4n) is 2.49. The van der Waals surface area contributed by atoms with Gasteiger partial charge in [0.25, 0.3) is 0 Å². The van der Waals surface area contributed by atoms with E-state index >= 15 is 0 Å². The minimum Gasteiger partial charge on any atom is -0.493 e. The van der Waals surface area contributed by atoms with E-state index in [-0.39, 0.29) is 11.4 Å². The average Bonchev–Trinajstić information content (AvgIpc) is 3.04. The van der Waals surface area contributed by atoms with E-state index in [9.17, 15) is 9.90 Å². The molecule has 0 spiro atoms. The zero-order valence-corrected chi connectivity index (χ0v) is 13.6. The number of nitrogens with zero attached hydrogens (tertiary/aromatic N) is 3. The third kappa shape index (κ3) is 2.85. The highest BCUT2D eigenvalue weighted by Crippen LogP contribution is 2.31. The van der Waals surface area contributed by atoms with Crippen molar-refractivity contribution in [3.63, 3.8) is 0 Å². The molecule has 0 amide bonds. The second-order valence-corrected chi connectivity index (χ2v) is 5.13. The van der Waals surface area contributed by atoms with E-state index in [4.69, 9.17) is 15.2 Å². The monoisotopic (exact) mass is 340 g/mol. The molecule has 3 rings (SSSR count). The molecule has 0 aliphatic rings. The predicted molar refractivity (Wildman–Crippen MR) is 92.0 cm³/mol. The van der Waals surface area contributed by atoms with Crippen molar-refractivity contribution >= 4 is 28.4 Å². The van der Waals surface area contributed by atoms with Crippen LogP contribution in [0.1, 0.15) is 5.56 Å². The number of hydrogen-bond donors (Lipinski definition) is 2. The lowest BCUT2D eigenvalue weighted by atomic mass is 10.1. The molecule has 0 radical (unpaired) electrons.